The van der Waals surface area contributed by atoms with Gasteiger partial charge in [-0.15, -0.1) is 5.92 Å². The fourth-order valence-corrected chi connectivity index (χ4v) is 4.95. The molecule has 40 heavy (non-hydrogen) atoms. The lowest BCUT2D eigenvalue weighted by molar-refractivity contribution is 0.475. The Labute approximate surface area is 233 Å². The van der Waals surface area contributed by atoms with Crippen LogP contribution in [0.1, 0.15) is 23.9 Å². The number of hydrogen-bond acceptors (Lipinski definition) is 7. The Bertz CT molecular complexity index is 2050. The van der Waals surface area contributed by atoms with Gasteiger partial charge >= 0.3 is 0 Å². The Hall–Kier alpha value is -5.20. The Balaban J connectivity index is 1.58. The number of phenols is 1. The molecule has 3 aromatic heterocycles. The van der Waals surface area contributed by atoms with E-state index in [0.29, 0.717) is 49.6 Å². The average molecular weight is 548 g/mol. The van der Waals surface area contributed by atoms with E-state index in [2.05, 4.69) is 21.8 Å². The highest BCUT2D eigenvalue weighted by molar-refractivity contribution is 6.31. The molecule has 0 aliphatic carbocycles. The smallest absolute Gasteiger partial charge is 0.263 e. The summed E-state index contributed by atoms with van der Waals surface area (Å²) in [6, 6.07) is 19.5. The van der Waals surface area contributed by atoms with E-state index in [4.69, 9.17) is 27.4 Å². The van der Waals surface area contributed by atoms with E-state index in [9.17, 15) is 9.90 Å². The highest BCUT2D eigenvalue weighted by atomic mass is 35.5. The minimum atomic E-state index is -0.239. The van der Waals surface area contributed by atoms with Crippen LogP contribution in [-0.4, -0.2) is 34.4 Å². The molecule has 0 saturated heterocycles. The largest absolute Gasteiger partial charge is 0.508 e. The summed E-state index contributed by atoms with van der Waals surface area (Å²) in [4.78, 5) is 27.5. The molecule has 0 unspecified atom stereocenters. The second-order valence-corrected chi connectivity index (χ2v) is 9.51. The van der Waals surface area contributed by atoms with E-state index in [1.807, 2.05) is 36.4 Å². The minimum absolute atomic E-state index is 0.0892. The van der Waals surface area contributed by atoms with E-state index in [1.54, 1.807) is 46.5 Å². The van der Waals surface area contributed by atoms with Crippen molar-refractivity contribution >= 4 is 39.4 Å². The van der Waals surface area contributed by atoms with Crippen LogP contribution >= 0.6 is 11.6 Å². The fourth-order valence-electron chi connectivity index (χ4n) is 4.76. The van der Waals surface area contributed by atoms with Crippen LogP contribution in [0.3, 0.4) is 0 Å². The number of anilines is 1. The molecule has 0 aliphatic rings. The lowest BCUT2D eigenvalue weighted by Crippen LogP contribution is -2.28. The maximum Gasteiger partial charge on any atom is 0.263 e. The Kier molecular flexibility index (Phi) is 6.38. The molecular weight excluding hydrogens is 526 g/mol. The molecule has 0 saturated carbocycles. The van der Waals surface area contributed by atoms with Gasteiger partial charge in [-0.05, 0) is 42.8 Å². The summed E-state index contributed by atoms with van der Waals surface area (Å²) in [7, 11) is 0. The number of halogens is 1. The van der Waals surface area contributed by atoms with Gasteiger partial charge in [0.15, 0.2) is 5.65 Å². The van der Waals surface area contributed by atoms with E-state index in [-0.39, 0.29) is 30.2 Å². The summed E-state index contributed by atoms with van der Waals surface area (Å²) in [5, 5.41) is 16.4. The number of nitrogens with two attached hydrogens (primary N) is 1. The van der Waals surface area contributed by atoms with Crippen LogP contribution in [0.5, 0.6) is 5.75 Å². The number of aromatic nitrogens is 6. The van der Waals surface area contributed by atoms with Crippen LogP contribution < -0.4 is 11.3 Å². The normalized spacial score (nSPS) is 11.1. The third-order valence-electron chi connectivity index (χ3n) is 6.58. The predicted molar refractivity (Wildman–Crippen MR) is 155 cm³/mol. The number of fused-ring (bicyclic) bond motifs is 2. The van der Waals surface area contributed by atoms with Gasteiger partial charge in [0.1, 0.15) is 36.0 Å². The zero-order valence-electron chi connectivity index (χ0n) is 21.3. The molecular formula is C30H22ClN7O2. The van der Waals surface area contributed by atoms with Gasteiger partial charge in [0.05, 0.1) is 22.8 Å². The van der Waals surface area contributed by atoms with Crippen LogP contribution in [0.25, 0.3) is 33.2 Å². The lowest BCUT2D eigenvalue weighted by Gasteiger charge is -2.15. The number of nitrogen functional groups attached to an aromatic ring is 1. The quantitative estimate of drug-likeness (QED) is 0.302. The molecule has 0 radical (unpaired) electrons. The van der Waals surface area contributed by atoms with E-state index < -0.39 is 0 Å². The summed E-state index contributed by atoms with van der Waals surface area (Å²) < 4.78 is 3.23. The molecule has 10 heteroatoms. The van der Waals surface area contributed by atoms with Gasteiger partial charge in [-0.1, -0.05) is 53.9 Å². The van der Waals surface area contributed by atoms with Gasteiger partial charge < -0.3 is 10.8 Å². The van der Waals surface area contributed by atoms with Crippen LogP contribution in [0.2, 0.25) is 5.02 Å². The maximum absolute atomic E-state index is 14.0. The summed E-state index contributed by atoms with van der Waals surface area (Å²) in [5.41, 5.74) is 9.54. The third kappa shape index (κ3) is 4.40. The molecule has 0 atom stereocenters. The molecule has 3 N–H and O–H groups in total. The SMILES string of the molecule is CC#Cc1cccc2nc(Cn3nc(-c4cccc(O)c4)c4c(N)ncnc43)n(Cc3ccccc3Cl)c(=O)c12. The van der Waals surface area contributed by atoms with E-state index in [0.717, 1.165) is 5.56 Å². The van der Waals surface area contributed by atoms with Crippen molar-refractivity contribution < 1.29 is 5.11 Å². The molecule has 0 fully saturated rings. The maximum atomic E-state index is 14.0. The van der Waals surface area contributed by atoms with Crippen LogP contribution in [0.15, 0.2) is 77.9 Å². The fraction of sp³-hybridized carbons (Fsp3) is 0.100. The highest BCUT2D eigenvalue weighted by Crippen LogP contribution is 2.32. The van der Waals surface area contributed by atoms with Crippen molar-refractivity contribution in [3.05, 3.63) is 105 Å². The number of rotatable bonds is 5. The van der Waals surface area contributed by atoms with Gasteiger partial charge in [0, 0.05) is 16.1 Å². The standard InChI is InChI=1S/C30H22ClN7O2/c1-2-7-18-9-6-13-23-25(18)30(40)37(15-20-8-3-4-12-22(20)31)24(35-23)16-38-29-26(28(32)33-17-34-29)27(36-38)19-10-5-11-21(39)14-19/h3-6,8-14,17,39H,15-16H2,1H3,(H2,32,33,34). The lowest BCUT2D eigenvalue weighted by atomic mass is 10.1. The summed E-state index contributed by atoms with van der Waals surface area (Å²) in [5.74, 6) is 6.68. The topological polar surface area (TPSA) is 125 Å². The van der Waals surface area contributed by atoms with Crippen molar-refractivity contribution in [3.8, 4) is 28.8 Å². The van der Waals surface area contributed by atoms with Gasteiger partial charge in [-0.25, -0.2) is 19.6 Å². The molecule has 9 nitrogen and oxygen atoms in total. The second kappa shape index (κ2) is 10.2. The number of hydrogen-bond donors (Lipinski definition) is 2. The van der Waals surface area contributed by atoms with Crippen molar-refractivity contribution in [2.45, 2.75) is 20.0 Å². The van der Waals surface area contributed by atoms with E-state index >= 15 is 0 Å². The van der Waals surface area contributed by atoms with Crippen LogP contribution in [0.4, 0.5) is 5.82 Å². The van der Waals surface area contributed by atoms with Crippen LogP contribution in [-0.2, 0) is 13.1 Å². The molecule has 0 amide bonds. The first-order valence-electron chi connectivity index (χ1n) is 12.4. The van der Waals surface area contributed by atoms with Gasteiger partial charge in [-0.3, -0.25) is 9.36 Å². The minimum Gasteiger partial charge on any atom is -0.508 e. The van der Waals surface area contributed by atoms with Crippen molar-refractivity contribution in [2.24, 2.45) is 0 Å². The summed E-state index contributed by atoms with van der Waals surface area (Å²) in [6.07, 6.45) is 1.36. The molecule has 0 spiro atoms. The molecule has 3 heterocycles. The Morgan fingerprint density at radius 1 is 1.00 bits per heavy atom. The van der Waals surface area contributed by atoms with Crippen molar-refractivity contribution in [1.29, 1.82) is 0 Å². The highest BCUT2D eigenvalue weighted by Gasteiger charge is 2.21. The van der Waals surface area contributed by atoms with Gasteiger partial charge in [0.2, 0.25) is 0 Å². The molecule has 3 aromatic carbocycles. The average Bonchev–Trinajstić information content (AvgIpc) is 3.31. The third-order valence-corrected chi connectivity index (χ3v) is 6.95. The van der Waals surface area contributed by atoms with E-state index in [1.165, 1.54) is 6.33 Å². The molecule has 6 aromatic rings. The first-order chi connectivity index (χ1) is 19.4. The van der Waals surface area contributed by atoms with Crippen molar-refractivity contribution in [2.75, 3.05) is 5.73 Å². The van der Waals surface area contributed by atoms with Crippen LogP contribution in [0, 0.1) is 11.8 Å². The summed E-state index contributed by atoms with van der Waals surface area (Å²) >= 11 is 6.49. The number of aromatic hydroxyl groups is 1. The summed E-state index contributed by atoms with van der Waals surface area (Å²) in [6.45, 7) is 2.02. The Morgan fingerprint density at radius 2 is 1.82 bits per heavy atom. The number of phenolic OH excluding ortho intramolecular Hbond substituents is 1. The first-order valence-corrected chi connectivity index (χ1v) is 12.8. The van der Waals surface area contributed by atoms with Crippen molar-refractivity contribution in [1.82, 2.24) is 29.3 Å². The predicted octanol–water partition coefficient (Wildman–Crippen LogP) is 4.61. The molecule has 196 valence electrons. The zero-order chi connectivity index (χ0) is 27.8. The number of benzene rings is 3. The number of nitrogens with zero attached hydrogens (tertiary/aromatic N) is 6. The second-order valence-electron chi connectivity index (χ2n) is 9.10. The van der Waals surface area contributed by atoms with Gasteiger partial charge in [-0.2, -0.15) is 5.10 Å². The monoisotopic (exact) mass is 547 g/mol. The zero-order valence-corrected chi connectivity index (χ0v) is 22.1. The molecule has 0 aliphatic heterocycles. The van der Waals surface area contributed by atoms with Crippen molar-refractivity contribution in [3.63, 3.8) is 0 Å². The van der Waals surface area contributed by atoms with Gasteiger partial charge in [0.25, 0.3) is 5.56 Å². The first kappa shape index (κ1) is 25.1. The molecule has 6 rings (SSSR count). The Morgan fingerprint density at radius 3 is 2.62 bits per heavy atom. The molecule has 0 bridgehead atoms.